The molecule has 3 heteroatoms. The summed E-state index contributed by atoms with van der Waals surface area (Å²) in [6.07, 6.45) is 11.2. The molecule has 3 nitrogen and oxygen atoms in total. The van der Waals surface area contributed by atoms with Gasteiger partial charge in [-0.15, -0.1) is 0 Å². The molecule has 1 N–H and O–H groups in total. The molecule has 1 aromatic heterocycles. The smallest absolute Gasteiger partial charge is 0.226 e. The number of nitrogens with one attached hydrogen (secondary N) is 1. The van der Waals surface area contributed by atoms with Crippen LogP contribution in [0.4, 0.5) is 0 Å². The average Bonchev–Trinajstić information content (AvgIpc) is 3.06. The predicted molar refractivity (Wildman–Crippen MR) is 106 cm³/mol. The number of furan rings is 1. The topological polar surface area (TPSA) is 42.2 Å². The fourth-order valence-corrected chi connectivity index (χ4v) is 5.93. The van der Waals surface area contributed by atoms with Gasteiger partial charge in [-0.05, 0) is 81.3 Å². The first kappa shape index (κ1) is 19.3. The molecule has 1 amide bonds. The van der Waals surface area contributed by atoms with Crippen LogP contribution in [0.25, 0.3) is 0 Å². The van der Waals surface area contributed by atoms with Crippen molar-refractivity contribution in [3.8, 4) is 0 Å². The third-order valence-corrected chi connectivity index (χ3v) is 7.26. The van der Waals surface area contributed by atoms with Crippen LogP contribution < -0.4 is 5.32 Å². The van der Waals surface area contributed by atoms with Gasteiger partial charge in [-0.1, -0.05) is 32.4 Å². The first-order valence-corrected chi connectivity index (χ1v) is 10.3. The monoisotopic (exact) mass is 357 g/mol. The third-order valence-electron chi connectivity index (χ3n) is 7.26. The summed E-state index contributed by atoms with van der Waals surface area (Å²) in [6, 6.07) is 2.26. The van der Waals surface area contributed by atoms with Crippen LogP contribution in [0.15, 0.2) is 35.2 Å². The molecule has 2 saturated carbocycles. The maximum absolute atomic E-state index is 13.1. The van der Waals surface area contributed by atoms with Crippen LogP contribution in [0.1, 0.15) is 71.8 Å². The number of carbonyl (C=O) groups is 1. The van der Waals surface area contributed by atoms with Gasteiger partial charge < -0.3 is 9.73 Å². The van der Waals surface area contributed by atoms with Gasteiger partial charge in [-0.25, -0.2) is 0 Å². The van der Waals surface area contributed by atoms with Crippen LogP contribution in [-0.4, -0.2) is 11.9 Å². The van der Waals surface area contributed by atoms with Crippen molar-refractivity contribution in [2.75, 3.05) is 0 Å². The van der Waals surface area contributed by atoms with Gasteiger partial charge in [-0.2, -0.15) is 0 Å². The van der Waals surface area contributed by atoms with E-state index in [1.165, 1.54) is 17.6 Å². The number of aryl methyl sites for hydroxylation is 1. The predicted octanol–water partition coefficient (Wildman–Crippen LogP) is 5.52. The maximum Gasteiger partial charge on any atom is 0.226 e. The Balaban J connectivity index is 1.84. The lowest BCUT2D eigenvalue weighted by atomic mass is 9.46. The van der Waals surface area contributed by atoms with Crippen molar-refractivity contribution in [2.24, 2.45) is 22.7 Å². The van der Waals surface area contributed by atoms with E-state index < -0.39 is 0 Å². The third kappa shape index (κ3) is 3.37. The van der Waals surface area contributed by atoms with Crippen molar-refractivity contribution in [3.63, 3.8) is 0 Å². The molecule has 144 valence electrons. The number of carbonyl (C=O) groups excluding carboxylic acids is 1. The van der Waals surface area contributed by atoms with E-state index in [4.69, 9.17) is 4.42 Å². The molecule has 0 unspecified atom stereocenters. The Morgan fingerprint density at radius 2 is 2.15 bits per heavy atom. The van der Waals surface area contributed by atoms with Crippen LogP contribution in [0.2, 0.25) is 0 Å². The molecule has 0 aliphatic heterocycles. The Bertz CT molecular complexity index is 647. The quantitative estimate of drug-likeness (QED) is 0.705. The van der Waals surface area contributed by atoms with Gasteiger partial charge in [0, 0.05) is 11.5 Å². The number of hydrogen-bond acceptors (Lipinski definition) is 2. The minimum atomic E-state index is -0.258. The summed E-state index contributed by atoms with van der Waals surface area (Å²) in [6.45, 7) is 13.2. The van der Waals surface area contributed by atoms with Gasteiger partial charge in [0.1, 0.15) is 0 Å². The standard InChI is InChI=1S/C23H35NO2/c1-16(2)24-21(25)23(5)13-6-12-22(4)19(17(3)7-10-20(22)23)9-8-18-11-14-26-15-18/h11,14-16,19-20H,3,6-10,12-13H2,1-2,4-5H3,(H,24,25)/t19-,20+,22+,23+/m1/s1. The summed E-state index contributed by atoms with van der Waals surface area (Å²) in [5.74, 6) is 1.18. The summed E-state index contributed by atoms with van der Waals surface area (Å²) < 4.78 is 5.24. The number of rotatable bonds is 5. The fraction of sp³-hybridized carbons (Fsp3) is 0.696. The molecule has 4 atom stereocenters. The van der Waals surface area contributed by atoms with Crippen molar-refractivity contribution in [2.45, 2.75) is 78.7 Å². The molecule has 0 radical (unpaired) electrons. The molecule has 2 aliphatic rings. The maximum atomic E-state index is 13.1. The van der Waals surface area contributed by atoms with Crippen molar-refractivity contribution < 1.29 is 9.21 Å². The van der Waals surface area contributed by atoms with Gasteiger partial charge in [0.15, 0.2) is 0 Å². The highest BCUT2D eigenvalue weighted by molar-refractivity contribution is 5.83. The Morgan fingerprint density at radius 1 is 1.38 bits per heavy atom. The van der Waals surface area contributed by atoms with E-state index in [1.54, 1.807) is 6.26 Å². The molecular weight excluding hydrogens is 322 g/mol. The van der Waals surface area contributed by atoms with E-state index in [0.29, 0.717) is 11.8 Å². The average molecular weight is 358 g/mol. The van der Waals surface area contributed by atoms with Crippen LogP contribution in [-0.2, 0) is 11.2 Å². The Labute approximate surface area is 158 Å². The molecule has 0 saturated heterocycles. The molecule has 3 rings (SSSR count). The first-order chi connectivity index (χ1) is 12.3. The Hall–Kier alpha value is -1.51. The fourth-order valence-electron chi connectivity index (χ4n) is 5.93. The van der Waals surface area contributed by atoms with Crippen molar-refractivity contribution in [1.82, 2.24) is 5.32 Å². The molecular formula is C23H35NO2. The van der Waals surface area contributed by atoms with E-state index in [2.05, 4.69) is 45.7 Å². The lowest BCUT2D eigenvalue weighted by Gasteiger charge is -2.58. The van der Waals surface area contributed by atoms with Crippen molar-refractivity contribution >= 4 is 5.91 Å². The summed E-state index contributed by atoms with van der Waals surface area (Å²) in [5, 5.41) is 3.21. The van der Waals surface area contributed by atoms with Gasteiger partial charge in [-0.3, -0.25) is 4.79 Å². The summed E-state index contributed by atoms with van der Waals surface area (Å²) >= 11 is 0. The SMILES string of the molecule is C=C1CC[C@H]2[C@@](C)(CCC[C@]2(C)C(=O)NC(C)C)[C@@H]1CCc1ccoc1. The number of allylic oxidation sites excluding steroid dienone is 1. The van der Waals surface area contributed by atoms with Crippen molar-refractivity contribution in [1.29, 1.82) is 0 Å². The summed E-state index contributed by atoms with van der Waals surface area (Å²) in [5.41, 5.74) is 2.56. The number of fused-ring (bicyclic) bond motifs is 1. The summed E-state index contributed by atoms with van der Waals surface area (Å²) in [7, 11) is 0. The Kier molecular flexibility index (Phi) is 5.37. The largest absolute Gasteiger partial charge is 0.472 e. The van der Waals surface area contributed by atoms with Gasteiger partial charge in [0.25, 0.3) is 0 Å². The summed E-state index contributed by atoms with van der Waals surface area (Å²) in [4.78, 5) is 13.1. The van der Waals surface area contributed by atoms with E-state index in [9.17, 15) is 4.79 Å². The highest BCUT2D eigenvalue weighted by atomic mass is 16.3. The van der Waals surface area contributed by atoms with E-state index in [1.807, 2.05) is 6.26 Å². The Morgan fingerprint density at radius 3 is 2.81 bits per heavy atom. The second kappa shape index (κ2) is 7.25. The normalized spacial score (nSPS) is 34.6. The van der Waals surface area contributed by atoms with Crippen LogP contribution >= 0.6 is 0 Å². The van der Waals surface area contributed by atoms with E-state index >= 15 is 0 Å². The zero-order chi connectivity index (χ0) is 18.9. The molecule has 1 heterocycles. The molecule has 2 fully saturated rings. The van der Waals surface area contributed by atoms with E-state index in [0.717, 1.165) is 38.5 Å². The number of hydrogen-bond donors (Lipinski definition) is 1. The second-order valence-corrected chi connectivity index (χ2v) is 9.38. The van der Waals surface area contributed by atoms with Crippen LogP contribution in [0.3, 0.4) is 0 Å². The van der Waals surface area contributed by atoms with Gasteiger partial charge >= 0.3 is 0 Å². The lowest BCUT2D eigenvalue weighted by molar-refractivity contribution is -0.146. The van der Waals surface area contributed by atoms with Crippen molar-refractivity contribution in [3.05, 3.63) is 36.3 Å². The highest BCUT2D eigenvalue weighted by Crippen LogP contribution is 2.61. The zero-order valence-corrected chi connectivity index (χ0v) is 16.9. The van der Waals surface area contributed by atoms with Crippen LogP contribution in [0, 0.1) is 22.7 Å². The van der Waals surface area contributed by atoms with Crippen LogP contribution in [0.5, 0.6) is 0 Å². The minimum Gasteiger partial charge on any atom is -0.472 e. The second-order valence-electron chi connectivity index (χ2n) is 9.38. The molecule has 2 aliphatic carbocycles. The molecule has 26 heavy (non-hydrogen) atoms. The zero-order valence-electron chi connectivity index (χ0n) is 16.9. The lowest BCUT2D eigenvalue weighted by Crippen LogP contribution is -2.56. The first-order valence-electron chi connectivity index (χ1n) is 10.3. The molecule has 0 spiro atoms. The number of amides is 1. The molecule has 0 bridgehead atoms. The van der Waals surface area contributed by atoms with Gasteiger partial charge in [0.05, 0.1) is 12.5 Å². The minimum absolute atomic E-state index is 0.167. The molecule has 1 aromatic rings. The molecule has 0 aromatic carbocycles. The van der Waals surface area contributed by atoms with E-state index in [-0.39, 0.29) is 22.8 Å². The van der Waals surface area contributed by atoms with Gasteiger partial charge in [0.2, 0.25) is 5.91 Å². The highest BCUT2D eigenvalue weighted by Gasteiger charge is 2.57.